The smallest absolute Gasteiger partial charge is 0.260 e. The van der Waals surface area contributed by atoms with Crippen LogP contribution in [0.15, 0.2) is 29.1 Å². The monoisotopic (exact) mass is 314 g/mol. The summed E-state index contributed by atoms with van der Waals surface area (Å²) >= 11 is 0. The lowest BCUT2D eigenvalue weighted by Gasteiger charge is -2.31. The van der Waals surface area contributed by atoms with Gasteiger partial charge in [0.05, 0.1) is 10.9 Å². The van der Waals surface area contributed by atoms with Crippen molar-refractivity contribution in [2.24, 2.45) is 5.92 Å². The van der Waals surface area contributed by atoms with Crippen LogP contribution in [0, 0.1) is 5.92 Å². The fourth-order valence-electron chi connectivity index (χ4n) is 2.97. The van der Waals surface area contributed by atoms with Gasteiger partial charge in [-0.2, -0.15) is 0 Å². The Bertz CT molecular complexity index is 748. The quantitative estimate of drug-likeness (QED) is 0.900. The van der Waals surface area contributed by atoms with E-state index in [1.807, 2.05) is 25.1 Å². The highest BCUT2D eigenvalue weighted by Crippen LogP contribution is 2.21. The molecule has 23 heavy (non-hydrogen) atoms. The van der Waals surface area contributed by atoms with Crippen molar-refractivity contribution in [2.45, 2.75) is 26.2 Å². The van der Waals surface area contributed by atoms with Crippen molar-refractivity contribution < 1.29 is 4.79 Å². The molecule has 6 nitrogen and oxygen atoms in total. The Morgan fingerprint density at radius 3 is 2.83 bits per heavy atom. The molecule has 1 amide bonds. The average Bonchev–Trinajstić information content (AvgIpc) is 2.60. The maximum absolute atomic E-state index is 12.1. The Morgan fingerprint density at radius 1 is 1.35 bits per heavy atom. The van der Waals surface area contributed by atoms with Crippen molar-refractivity contribution in [2.75, 3.05) is 24.5 Å². The lowest BCUT2D eigenvalue weighted by Crippen LogP contribution is -2.41. The minimum absolute atomic E-state index is 0.0602. The third-order valence-electron chi connectivity index (χ3n) is 4.31. The van der Waals surface area contributed by atoms with Crippen LogP contribution in [0.3, 0.4) is 0 Å². The standard InChI is InChI=1S/C17H22N4O2/c1-2-9-18-15(22)12-7-10-21(11-8-12)17-19-14-6-4-3-5-13(14)16(23)20-17/h3-6,12H,2,7-11H2,1H3,(H,18,22)(H,19,20,23). The van der Waals surface area contributed by atoms with E-state index >= 15 is 0 Å². The van der Waals surface area contributed by atoms with Gasteiger partial charge in [0.25, 0.3) is 5.56 Å². The molecule has 6 heteroatoms. The number of piperidine rings is 1. The number of carbonyl (C=O) groups excluding carboxylic acids is 1. The molecule has 0 spiro atoms. The predicted octanol–water partition coefficient (Wildman–Crippen LogP) is 1.67. The van der Waals surface area contributed by atoms with Gasteiger partial charge in [0.2, 0.25) is 11.9 Å². The largest absolute Gasteiger partial charge is 0.356 e. The number of fused-ring (bicyclic) bond motifs is 1. The second-order valence-electron chi connectivity index (χ2n) is 5.96. The molecule has 1 aliphatic rings. The van der Waals surface area contributed by atoms with Gasteiger partial charge < -0.3 is 10.2 Å². The Hall–Kier alpha value is -2.37. The van der Waals surface area contributed by atoms with Gasteiger partial charge in [-0.1, -0.05) is 19.1 Å². The van der Waals surface area contributed by atoms with E-state index in [9.17, 15) is 9.59 Å². The van der Waals surface area contributed by atoms with Crippen molar-refractivity contribution in [3.8, 4) is 0 Å². The summed E-state index contributed by atoms with van der Waals surface area (Å²) in [6, 6.07) is 7.33. The molecule has 2 aromatic rings. The predicted molar refractivity (Wildman–Crippen MR) is 90.6 cm³/mol. The first-order valence-corrected chi connectivity index (χ1v) is 8.20. The molecule has 122 valence electrons. The van der Waals surface area contributed by atoms with E-state index in [4.69, 9.17) is 0 Å². The van der Waals surface area contributed by atoms with E-state index in [2.05, 4.69) is 20.2 Å². The fraction of sp³-hybridized carbons (Fsp3) is 0.471. The molecule has 0 aliphatic carbocycles. The first kappa shape index (κ1) is 15.5. The first-order chi connectivity index (χ1) is 11.2. The van der Waals surface area contributed by atoms with Crippen molar-refractivity contribution in [3.63, 3.8) is 0 Å². The molecule has 0 saturated carbocycles. The zero-order valence-electron chi connectivity index (χ0n) is 13.3. The normalized spacial score (nSPS) is 15.8. The number of hydrogen-bond acceptors (Lipinski definition) is 4. The van der Waals surface area contributed by atoms with Gasteiger partial charge in [0.15, 0.2) is 0 Å². The molecule has 1 aromatic heterocycles. The van der Waals surface area contributed by atoms with Crippen LogP contribution in [0.1, 0.15) is 26.2 Å². The number of anilines is 1. The summed E-state index contributed by atoms with van der Waals surface area (Å²) in [6.07, 6.45) is 2.52. The molecule has 0 bridgehead atoms. The van der Waals surface area contributed by atoms with Crippen LogP contribution in [0.4, 0.5) is 5.95 Å². The van der Waals surface area contributed by atoms with Crippen LogP contribution in [0.2, 0.25) is 0 Å². The van der Waals surface area contributed by atoms with Crippen molar-refractivity contribution in [1.29, 1.82) is 0 Å². The number of H-pyrrole nitrogens is 1. The number of aromatic nitrogens is 2. The minimum atomic E-state index is -0.117. The third-order valence-corrected chi connectivity index (χ3v) is 4.31. The number of para-hydroxylation sites is 1. The Morgan fingerprint density at radius 2 is 2.09 bits per heavy atom. The number of aromatic amines is 1. The number of rotatable bonds is 4. The third kappa shape index (κ3) is 3.36. The van der Waals surface area contributed by atoms with Crippen molar-refractivity contribution >= 4 is 22.8 Å². The van der Waals surface area contributed by atoms with Crippen LogP contribution >= 0.6 is 0 Å². The molecule has 3 rings (SSSR count). The second kappa shape index (κ2) is 6.81. The van der Waals surface area contributed by atoms with Crippen LogP contribution in [-0.4, -0.2) is 35.5 Å². The molecule has 2 N–H and O–H groups in total. The van der Waals surface area contributed by atoms with Crippen molar-refractivity contribution in [1.82, 2.24) is 15.3 Å². The Balaban J connectivity index is 1.70. The number of hydrogen-bond donors (Lipinski definition) is 2. The lowest BCUT2D eigenvalue weighted by atomic mass is 9.96. The summed E-state index contributed by atoms with van der Waals surface area (Å²) in [5.41, 5.74) is 0.586. The molecular weight excluding hydrogens is 292 g/mol. The van der Waals surface area contributed by atoms with E-state index in [1.54, 1.807) is 6.07 Å². The van der Waals surface area contributed by atoms with E-state index in [-0.39, 0.29) is 17.4 Å². The van der Waals surface area contributed by atoms with Crippen LogP contribution in [0.25, 0.3) is 10.9 Å². The highest BCUT2D eigenvalue weighted by atomic mass is 16.2. The van der Waals surface area contributed by atoms with E-state index in [1.165, 1.54) is 0 Å². The zero-order valence-corrected chi connectivity index (χ0v) is 13.3. The SMILES string of the molecule is CCCNC(=O)C1CCN(c2nc3ccccc3c(=O)[nH]2)CC1. The van der Waals surface area contributed by atoms with Crippen LogP contribution in [0.5, 0.6) is 0 Å². The van der Waals surface area contributed by atoms with Gasteiger partial charge in [-0.05, 0) is 31.4 Å². The minimum Gasteiger partial charge on any atom is -0.356 e. The molecule has 1 aliphatic heterocycles. The molecule has 1 fully saturated rings. The number of amides is 1. The van der Waals surface area contributed by atoms with E-state index in [0.717, 1.165) is 38.9 Å². The highest BCUT2D eigenvalue weighted by Gasteiger charge is 2.25. The first-order valence-electron chi connectivity index (χ1n) is 8.20. The number of nitrogens with zero attached hydrogens (tertiary/aromatic N) is 2. The molecule has 0 radical (unpaired) electrons. The van der Waals surface area contributed by atoms with Gasteiger partial charge in [-0.15, -0.1) is 0 Å². The van der Waals surface area contributed by atoms with E-state index < -0.39 is 0 Å². The topological polar surface area (TPSA) is 78.1 Å². The molecule has 2 heterocycles. The summed E-state index contributed by atoms with van der Waals surface area (Å²) in [5.74, 6) is 0.803. The maximum Gasteiger partial charge on any atom is 0.260 e. The van der Waals surface area contributed by atoms with Gasteiger partial charge in [-0.3, -0.25) is 14.6 Å². The van der Waals surface area contributed by atoms with Gasteiger partial charge >= 0.3 is 0 Å². The number of benzene rings is 1. The van der Waals surface area contributed by atoms with E-state index in [0.29, 0.717) is 16.9 Å². The Kier molecular flexibility index (Phi) is 4.60. The van der Waals surface area contributed by atoms with Crippen molar-refractivity contribution in [3.05, 3.63) is 34.6 Å². The summed E-state index contributed by atoms with van der Waals surface area (Å²) in [4.78, 5) is 33.6. The highest BCUT2D eigenvalue weighted by molar-refractivity contribution is 5.79. The summed E-state index contributed by atoms with van der Waals surface area (Å²) in [5, 5.41) is 3.56. The maximum atomic E-state index is 12.1. The molecule has 1 saturated heterocycles. The van der Waals surface area contributed by atoms with Gasteiger partial charge in [-0.25, -0.2) is 4.98 Å². The number of carbonyl (C=O) groups is 1. The summed E-state index contributed by atoms with van der Waals surface area (Å²) in [6.45, 7) is 4.24. The van der Waals surface area contributed by atoms with Crippen LogP contribution < -0.4 is 15.8 Å². The molecule has 1 aromatic carbocycles. The van der Waals surface area contributed by atoms with Crippen LogP contribution in [-0.2, 0) is 4.79 Å². The second-order valence-corrected chi connectivity index (χ2v) is 5.96. The number of nitrogens with one attached hydrogen (secondary N) is 2. The molecular formula is C17H22N4O2. The van der Waals surface area contributed by atoms with Gasteiger partial charge in [0, 0.05) is 25.6 Å². The average molecular weight is 314 g/mol. The molecule has 0 unspecified atom stereocenters. The fourth-order valence-corrected chi connectivity index (χ4v) is 2.97. The van der Waals surface area contributed by atoms with Gasteiger partial charge in [0.1, 0.15) is 0 Å². The Labute approximate surface area is 134 Å². The lowest BCUT2D eigenvalue weighted by molar-refractivity contribution is -0.125. The summed E-state index contributed by atoms with van der Waals surface area (Å²) in [7, 11) is 0. The zero-order chi connectivity index (χ0) is 16.2. The summed E-state index contributed by atoms with van der Waals surface area (Å²) < 4.78 is 0. The molecule has 0 atom stereocenters.